The average molecular weight is 525 g/mol. The van der Waals surface area contributed by atoms with E-state index in [4.69, 9.17) is 9.47 Å². The van der Waals surface area contributed by atoms with Gasteiger partial charge in [-0.2, -0.15) is 0 Å². The molecule has 0 radical (unpaired) electrons. The Bertz CT molecular complexity index is 1310. The number of carbonyl (C=O) groups excluding carboxylic acids is 1. The summed E-state index contributed by atoms with van der Waals surface area (Å²) in [4.78, 5) is 39.3. The Kier molecular flexibility index (Phi) is 7.68. The number of amides is 1. The summed E-state index contributed by atoms with van der Waals surface area (Å²) in [5.41, 5.74) is 1.57. The molecule has 11 nitrogen and oxygen atoms in total. The van der Waals surface area contributed by atoms with Gasteiger partial charge in [0.25, 0.3) is 0 Å². The molecular formula is C25H28N6O5S. The van der Waals surface area contributed by atoms with Gasteiger partial charge < -0.3 is 25.2 Å². The van der Waals surface area contributed by atoms with Gasteiger partial charge in [0.05, 0.1) is 40.9 Å². The van der Waals surface area contributed by atoms with Gasteiger partial charge in [-0.3, -0.25) is 14.5 Å². The Morgan fingerprint density at radius 1 is 1.27 bits per heavy atom. The number of aliphatic carboxylic acids is 1. The summed E-state index contributed by atoms with van der Waals surface area (Å²) in [7, 11) is 1.60. The van der Waals surface area contributed by atoms with Gasteiger partial charge in [0.2, 0.25) is 11.8 Å². The number of pyridine rings is 1. The number of nitrogens with zero attached hydrogens (tertiary/aromatic N) is 4. The van der Waals surface area contributed by atoms with Gasteiger partial charge in [0.1, 0.15) is 24.5 Å². The minimum atomic E-state index is -0.882. The van der Waals surface area contributed by atoms with Crippen molar-refractivity contribution < 1.29 is 24.2 Å². The lowest BCUT2D eigenvalue weighted by molar-refractivity contribution is -0.139. The molecule has 2 aliphatic heterocycles. The Morgan fingerprint density at radius 3 is 3.00 bits per heavy atom. The summed E-state index contributed by atoms with van der Waals surface area (Å²) in [6.07, 6.45) is 3.08. The number of thioether (sulfide) groups is 1. The Hall–Kier alpha value is -3.48. The number of methoxy groups -OCH3 is 1. The highest BCUT2D eigenvalue weighted by molar-refractivity contribution is 8.00. The summed E-state index contributed by atoms with van der Waals surface area (Å²) in [6, 6.07) is 9.46. The number of piperidine rings is 1. The number of carboxylic acid groups (broad SMARTS) is 1. The highest BCUT2D eigenvalue weighted by Gasteiger charge is 2.30. The maximum absolute atomic E-state index is 11.7. The summed E-state index contributed by atoms with van der Waals surface area (Å²) < 4.78 is 11.4. The van der Waals surface area contributed by atoms with Crippen LogP contribution in [-0.4, -0.2) is 81.5 Å². The number of hydrogen-bond donors (Lipinski definition) is 3. The van der Waals surface area contributed by atoms with Crippen LogP contribution in [0.25, 0.3) is 10.9 Å². The number of carboxylic acids is 1. The highest BCUT2D eigenvalue weighted by atomic mass is 32.2. The molecule has 1 fully saturated rings. The molecule has 2 aromatic heterocycles. The third-order valence-corrected chi connectivity index (χ3v) is 7.53. The minimum Gasteiger partial charge on any atom is -0.497 e. The van der Waals surface area contributed by atoms with Crippen molar-refractivity contribution in [3.8, 4) is 11.6 Å². The van der Waals surface area contributed by atoms with Gasteiger partial charge in [0.15, 0.2) is 0 Å². The molecule has 0 bridgehead atoms. The SMILES string of the molecule is COc1ccc2ncnc(OC[C@H]3CC[C@H](NCc4ccc5c(n4)NC(=O)CS5)CN3CC(=O)O)c2c1. The molecule has 37 heavy (non-hydrogen) atoms. The zero-order valence-corrected chi connectivity index (χ0v) is 21.2. The first-order valence-corrected chi connectivity index (χ1v) is 13.0. The molecule has 3 N–H and O–H groups in total. The van der Waals surface area contributed by atoms with E-state index in [1.807, 2.05) is 35.2 Å². The number of anilines is 1. The molecule has 1 aromatic carbocycles. The van der Waals surface area contributed by atoms with E-state index < -0.39 is 5.97 Å². The van der Waals surface area contributed by atoms with Crippen LogP contribution in [0.3, 0.4) is 0 Å². The fourth-order valence-electron chi connectivity index (χ4n) is 4.60. The summed E-state index contributed by atoms with van der Waals surface area (Å²) in [6.45, 7) is 1.32. The number of likely N-dealkylation sites (tertiary alicyclic amines) is 1. The Morgan fingerprint density at radius 2 is 2.16 bits per heavy atom. The molecular weight excluding hydrogens is 496 g/mol. The van der Waals surface area contributed by atoms with E-state index in [1.54, 1.807) is 7.11 Å². The summed E-state index contributed by atoms with van der Waals surface area (Å²) >= 11 is 1.48. The van der Waals surface area contributed by atoms with Crippen molar-refractivity contribution in [2.45, 2.75) is 36.4 Å². The molecule has 5 rings (SSSR count). The summed E-state index contributed by atoms with van der Waals surface area (Å²) in [5.74, 6) is 1.20. The smallest absolute Gasteiger partial charge is 0.317 e. The van der Waals surface area contributed by atoms with E-state index in [9.17, 15) is 14.7 Å². The number of nitrogens with one attached hydrogen (secondary N) is 2. The second-order valence-corrected chi connectivity index (χ2v) is 10.0. The Labute approximate surface area is 218 Å². The number of carbonyl (C=O) groups is 2. The molecule has 2 atom stereocenters. The molecule has 1 saturated heterocycles. The van der Waals surface area contributed by atoms with Gasteiger partial charge in [-0.15, -0.1) is 11.8 Å². The monoisotopic (exact) mass is 524 g/mol. The van der Waals surface area contributed by atoms with Crippen molar-refractivity contribution in [2.75, 3.05) is 37.9 Å². The van der Waals surface area contributed by atoms with Crippen LogP contribution in [0.15, 0.2) is 41.6 Å². The second-order valence-electron chi connectivity index (χ2n) is 8.99. The average Bonchev–Trinajstić information content (AvgIpc) is 2.90. The Balaban J connectivity index is 1.21. The largest absolute Gasteiger partial charge is 0.497 e. The molecule has 2 aliphatic rings. The predicted molar refractivity (Wildman–Crippen MR) is 138 cm³/mol. The standard InChI is InChI=1S/C25H28N6O5S/c1-35-18-5-6-20-19(8-18)25(28-14-27-20)36-12-17-4-2-16(10-31(17)11-23(33)34)26-9-15-3-7-21-24(29-15)30-22(32)13-37-21/h3,5-8,14,16-17,26H,2,4,9-13H2,1H3,(H,33,34)(H,29,30,32)/t16-,17+/m0/s1. The quantitative estimate of drug-likeness (QED) is 0.379. The van der Waals surface area contributed by atoms with Crippen LogP contribution < -0.4 is 20.1 Å². The van der Waals surface area contributed by atoms with Crippen molar-refractivity contribution >= 4 is 40.4 Å². The predicted octanol–water partition coefficient (Wildman–Crippen LogP) is 2.16. The van der Waals surface area contributed by atoms with Crippen molar-refractivity contribution in [3.05, 3.63) is 42.4 Å². The maximum atomic E-state index is 11.7. The lowest BCUT2D eigenvalue weighted by Crippen LogP contribution is -2.53. The van der Waals surface area contributed by atoms with Crippen molar-refractivity contribution in [1.29, 1.82) is 0 Å². The fourth-order valence-corrected chi connectivity index (χ4v) is 5.36. The van der Waals surface area contributed by atoms with E-state index in [2.05, 4.69) is 25.6 Å². The number of fused-ring (bicyclic) bond motifs is 2. The minimum absolute atomic E-state index is 0.0472. The molecule has 0 unspecified atom stereocenters. The van der Waals surface area contributed by atoms with E-state index in [1.165, 1.54) is 18.1 Å². The number of benzene rings is 1. The zero-order chi connectivity index (χ0) is 25.8. The molecule has 1 amide bonds. The number of aromatic nitrogens is 3. The van der Waals surface area contributed by atoms with E-state index in [-0.39, 0.29) is 24.5 Å². The normalized spacial score (nSPS) is 19.8. The third-order valence-electron chi connectivity index (χ3n) is 6.48. The van der Waals surface area contributed by atoms with Gasteiger partial charge in [-0.25, -0.2) is 15.0 Å². The fraction of sp³-hybridized carbons (Fsp3) is 0.400. The molecule has 0 saturated carbocycles. The van der Waals surface area contributed by atoms with Crippen molar-refractivity contribution in [1.82, 2.24) is 25.2 Å². The zero-order valence-electron chi connectivity index (χ0n) is 20.3. The van der Waals surface area contributed by atoms with Crippen LogP contribution in [0.4, 0.5) is 5.82 Å². The van der Waals surface area contributed by atoms with Crippen LogP contribution in [0.2, 0.25) is 0 Å². The molecule has 12 heteroatoms. The van der Waals surface area contributed by atoms with Crippen LogP contribution >= 0.6 is 11.8 Å². The first kappa shape index (κ1) is 25.2. The van der Waals surface area contributed by atoms with E-state index in [0.29, 0.717) is 42.9 Å². The highest BCUT2D eigenvalue weighted by Crippen LogP contribution is 2.30. The lowest BCUT2D eigenvalue weighted by Gasteiger charge is -2.38. The first-order chi connectivity index (χ1) is 18.0. The van der Waals surface area contributed by atoms with Gasteiger partial charge in [-0.1, -0.05) is 0 Å². The van der Waals surface area contributed by atoms with Gasteiger partial charge in [-0.05, 0) is 43.2 Å². The molecule has 4 heterocycles. The van der Waals surface area contributed by atoms with Gasteiger partial charge >= 0.3 is 5.97 Å². The number of ether oxygens (including phenoxy) is 2. The first-order valence-electron chi connectivity index (χ1n) is 12.0. The lowest BCUT2D eigenvalue weighted by atomic mass is 9.98. The van der Waals surface area contributed by atoms with E-state index in [0.717, 1.165) is 34.3 Å². The summed E-state index contributed by atoms with van der Waals surface area (Å²) in [5, 5.41) is 16.6. The molecule has 0 spiro atoms. The molecule has 194 valence electrons. The van der Waals surface area contributed by atoms with Crippen LogP contribution in [0.5, 0.6) is 11.6 Å². The maximum Gasteiger partial charge on any atom is 0.317 e. The van der Waals surface area contributed by atoms with Crippen molar-refractivity contribution in [3.63, 3.8) is 0 Å². The molecule has 0 aliphatic carbocycles. The third kappa shape index (κ3) is 6.09. The van der Waals surface area contributed by atoms with Crippen LogP contribution in [-0.2, 0) is 16.1 Å². The van der Waals surface area contributed by atoms with E-state index >= 15 is 0 Å². The van der Waals surface area contributed by atoms with Gasteiger partial charge in [0, 0.05) is 25.2 Å². The van der Waals surface area contributed by atoms with Crippen LogP contribution in [0.1, 0.15) is 18.5 Å². The van der Waals surface area contributed by atoms with Crippen LogP contribution in [0, 0.1) is 0 Å². The molecule has 3 aromatic rings. The number of hydrogen-bond acceptors (Lipinski definition) is 10. The topological polar surface area (TPSA) is 139 Å². The van der Waals surface area contributed by atoms with Crippen molar-refractivity contribution in [2.24, 2.45) is 0 Å². The number of rotatable bonds is 9. The second kappa shape index (κ2) is 11.3.